The van der Waals surface area contributed by atoms with Crippen LogP contribution in [-0.2, 0) is 10.9 Å². The SMILES string of the molecule is FC(F)(F)c1nsc(NC2CCOCC2)n1. The third-order valence-electron chi connectivity index (χ3n) is 2.23. The molecule has 2 rings (SSSR count). The van der Waals surface area contributed by atoms with Crippen molar-refractivity contribution in [2.75, 3.05) is 18.5 Å². The highest BCUT2D eigenvalue weighted by Gasteiger charge is 2.36. The maximum Gasteiger partial charge on any atom is 0.452 e. The first kappa shape index (κ1) is 11.6. The van der Waals surface area contributed by atoms with Gasteiger partial charge in [-0.2, -0.15) is 22.5 Å². The molecule has 0 unspecified atom stereocenters. The van der Waals surface area contributed by atoms with Crippen LogP contribution in [0.1, 0.15) is 18.7 Å². The zero-order valence-corrected chi connectivity index (χ0v) is 9.07. The van der Waals surface area contributed by atoms with E-state index in [1.54, 1.807) is 0 Å². The molecular formula is C8H10F3N3OS. The Bertz CT molecular complexity index is 349. The molecule has 1 fully saturated rings. The molecule has 0 aromatic carbocycles. The highest BCUT2D eigenvalue weighted by molar-refractivity contribution is 7.09. The van der Waals surface area contributed by atoms with Gasteiger partial charge in [0.1, 0.15) is 0 Å². The summed E-state index contributed by atoms with van der Waals surface area (Å²) in [5.74, 6) is -1.08. The Hall–Kier alpha value is -0.890. The van der Waals surface area contributed by atoms with Crippen molar-refractivity contribution in [1.29, 1.82) is 0 Å². The molecule has 0 spiro atoms. The molecule has 1 aliphatic rings. The van der Waals surface area contributed by atoms with Gasteiger partial charge in [0.05, 0.1) is 0 Å². The number of aromatic nitrogens is 2. The van der Waals surface area contributed by atoms with Gasteiger partial charge in [-0.05, 0) is 12.8 Å². The van der Waals surface area contributed by atoms with E-state index in [9.17, 15) is 13.2 Å². The van der Waals surface area contributed by atoms with Crippen LogP contribution in [0, 0.1) is 0 Å². The molecule has 16 heavy (non-hydrogen) atoms. The summed E-state index contributed by atoms with van der Waals surface area (Å²) in [6.45, 7) is 1.26. The van der Waals surface area contributed by atoms with Crippen LogP contribution in [0.3, 0.4) is 0 Å². The molecular weight excluding hydrogens is 243 g/mol. The first-order chi connectivity index (χ1) is 7.55. The largest absolute Gasteiger partial charge is 0.452 e. The van der Waals surface area contributed by atoms with Crippen LogP contribution in [-0.4, -0.2) is 28.6 Å². The molecule has 0 amide bonds. The molecule has 0 radical (unpaired) electrons. The van der Waals surface area contributed by atoms with Gasteiger partial charge in [-0.25, -0.2) is 0 Å². The van der Waals surface area contributed by atoms with E-state index in [0.29, 0.717) is 13.2 Å². The van der Waals surface area contributed by atoms with Gasteiger partial charge in [0, 0.05) is 30.8 Å². The quantitative estimate of drug-likeness (QED) is 0.877. The smallest absolute Gasteiger partial charge is 0.381 e. The molecule has 8 heteroatoms. The first-order valence-corrected chi connectivity index (χ1v) is 5.58. The molecule has 4 nitrogen and oxygen atoms in total. The molecule has 1 aromatic rings. The second-order valence-corrected chi connectivity index (χ2v) is 4.20. The molecule has 1 aliphatic heterocycles. The number of hydrogen-bond donors (Lipinski definition) is 1. The van der Waals surface area contributed by atoms with E-state index in [1.165, 1.54) is 0 Å². The summed E-state index contributed by atoms with van der Waals surface area (Å²) in [6.07, 6.45) is -2.91. The van der Waals surface area contributed by atoms with Crippen molar-refractivity contribution >= 4 is 16.7 Å². The number of nitrogens with zero attached hydrogens (tertiary/aromatic N) is 2. The van der Waals surface area contributed by atoms with E-state index in [-0.39, 0.29) is 11.2 Å². The van der Waals surface area contributed by atoms with E-state index >= 15 is 0 Å². The lowest BCUT2D eigenvalue weighted by molar-refractivity contribution is -0.144. The van der Waals surface area contributed by atoms with Crippen molar-refractivity contribution in [1.82, 2.24) is 9.36 Å². The summed E-state index contributed by atoms with van der Waals surface area (Å²) >= 11 is 0.737. The van der Waals surface area contributed by atoms with Crippen LogP contribution in [0.15, 0.2) is 0 Å². The lowest BCUT2D eigenvalue weighted by Gasteiger charge is -2.22. The predicted octanol–water partition coefficient (Wildman–Crippen LogP) is 2.15. The zero-order valence-electron chi connectivity index (χ0n) is 8.25. The van der Waals surface area contributed by atoms with Gasteiger partial charge in [0.2, 0.25) is 11.0 Å². The Morgan fingerprint density at radius 3 is 2.56 bits per heavy atom. The summed E-state index contributed by atoms with van der Waals surface area (Å²) in [5, 5.41) is 3.16. The summed E-state index contributed by atoms with van der Waals surface area (Å²) in [6, 6.07) is 0.128. The van der Waals surface area contributed by atoms with Crippen molar-refractivity contribution in [3.63, 3.8) is 0 Å². The van der Waals surface area contributed by atoms with Crippen LogP contribution in [0.2, 0.25) is 0 Å². The standard InChI is InChI=1S/C8H10F3N3OS/c9-8(10,11)6-13-7(16-14-6)12-5-1-3-15-4-2-5/h5H,1-4H2,(H,12,13,14). The number of halogens is 3. The summed E-state index contributed by atoms with van der Waals surface area (Å²) < 4.78 is 45.0. The molecule has 0 aliphatic carbocycles. The minimum atomic E-state index is -4.47. The molecule has 0 bridgehead atoms. The normalized spacial score (nSPS) is 18.7. The monoisotopic (exact) mass is 253 g/mol. The fraction of sp³-hybridized carbons (Fsp3) is 0.750. The number of nitrogens with one attached hydrogen (secondary N) is 1. The van der Waals surface area contributed by atoms with Gasteiger partial charge in [-0.15, -0.1) is 0 Å². The lowest BCUT2D eigenvalue weighted by atomic mass is 10.1. The second-order valence-electron chi connectivity index (χ2n) is 3.45. The Balaban J connectivity index is 1.97. The maximum absolute atomic E-state index is 12.2. The van der Waals surface area contributed by atoms with Gasteiger partial charge in [-0.1, -0.05) is 0 Å². The van der Waals surface area contributed by atoms with Crippen LogP contribution >= 0.6 is 11.5 Å². The number of ether oxygens (including phenoxy) is 1. The topological polar surface area (TPSA) is 47.0 Å². The molecule has 0 saturated carbocycles. The number of anilines is 1. The highest BCUT2D eigenvalue weighted by atomic mass is 32.1. The van der Waals surface area contributed by atoms with Crippen molar-refractivity contribution in [2.24, 2.45) is 0 Å². The molecule has 0 atom stereocenters. The van der Waals surface area contributed by atoms with Crippen molar-refractivity contribution in [3.8, 4) is 0 Å². The third-order valence-corrected chi connectivity index (χ3v) is 2.87. The first-order valence-electron chi connectivity index (χ1n) is 4.81. The van der Waals surface area contributed by atoms with E-state index in [4.69, 9.17) is 4.74 Å². The fourth-order valence-corrected chi connectivity index (χ4v) is 2.08. The number of alkyl halides is 3. The Morgan fingerprint density at radius 1 is 1.31 bits per heavy atom. The van der Waals surface area contributed by atoms with Crippen LogP contribution in [0.5, 0.6) is 0 Å². The highest BCUT2D eigenvalue weighted by Crippen LogP contribution is 2.29. The molecule has 2 heterocycles. The van der Waals surface area contributed by atoms with Crippen molar-refractivity contribution in [2.45, 2.75) is 25.1 Å². The summed E-state index contributed by atoms with van der Waals surface area (Å²) in [5.41, 5.74) is 0. The molecule has 1 aromatic heterocycles. The summed E-state index contributed by atoms with van der Waals surface area (Å²) in [4.78, 5) is 3.41. The molecule has 1 saturated heterocycles. The van der Waals surface area contributed by atoms with Gasteiger partial charge in [0.25, 0.3) is 0 Å². The minimum absolute atomic E-state index is 0.128. The average molecular weight is 253 g/mol. The Labute approximate surface area is 94.0 Å². The third kappa shape index (κ3) is 2.82. The zero-order chi connectivity index (χ0) is 11.6. The Kier molecular flexibility index (Phi) is 3.29. The minimum Gasteiger partial charge on any atom is -0.381 e. The average Bonchev–Trinajstić information content (AvgIpc) is 2.67. The van der Waals surface area contributed by atoms with E-state index in [0.717, 1.165) is 24.4 Å². The molecule has 90 valence electrons. The van der Waals surface area contributed by atoms with Crippen LogP contribution in [0.4, 0.5) is 18.3 Å². The van der Waals surface area contributed by atoms with Crippen molar-refractivity contribution < 1.29 is 17.9 Å². The maximum atomic E-state index is 12.2. The van der Waals surface area contributed by atoms with E-state index < -0.39 is 12.0 Å². The van der Waals surface area contributed by atoms with Crippen molar-refractivity contribution in [3.05, 3.63) is 5.82 Å². The molecule has 1 N–H and O–H groups in total. The van der Waals surface area contributed by atoms with Crippen LogP contribution < -0.4 is 5.32 Å². The predicted molar refractivity (Wildman–Crippen MR) is 52.4 cm³/mol. The van der Waals surface area contributed by atoms with E-state index in [1.807, 2.05) is 0 Å². The van der Waals surface area contributed by atoms with Crippen LogP contribution in [0.25, 0.3) is 0 Å². The van der Waals surface area contributed by atoms with Gasteiger partial charge in [0.15, 0.2) is 0 Å². The van der Waals surface area contributed by atoms with Gasteiger partial charge < -0.3 is 10.1 Å². The number of hydrogen-bond acceptors (Lipinski definition) is 5. The lowest BCUT2D eigenvalue weighted by Crippen LogP contribution is -2.27. The van der Waals surface area contributed by atoms with E-state index in [2.05, 4.69) is 14.7 Å². The second kappa shape index (κ2) is 4.54. The summed E-state index contributed by atoms with van der Waals surface area (Å²) in [7, 11) is 0. The Morgan fingerprint density at radius 2 is 2.00 bits per heavy atom. The fourth-order valence-electron chi connectivity index (χ4n) is 1.41. The number of rotatable bonds is 2. The van der Waals surface area contributed by atoms with Gasteiger partial charge >= 0.3 is 6.18 Å². The van der Waals surface area contributed by atoms with Gasteiger partial charge in [-0.3, -0.25) is 0 Å².